The Morgan fingerprint density at radius 2 is 2.30 bits per heavy atom. The Morgan fingerprint density at radius 1 is 1.45 bits per heavy atom. The van der Waals surface area contributed by atoms with E-state index in [1.54, 1.807) is 6.33 Å². The smallest absolute Gasteiger partial charge is 0.335 e. The van der Waals surface area contributed by atoms with Crippen molar-refractivity contribution >= 4 is 22.7 Å². The fourth-order valence-electron chi connectivity index (χ4n) is 2.61. The van der Waals surface area contributed by atoms with Crippen LogP contribution in [0.2, 0.25) is 0 Å². The molecule has 5 nitrogen and oxygen atoms in total. The van der Waals surface area contributed by atoms with E-state index in [0.29, 0.717) is 18.6 Å². The maximum atomic E-state index is 12.0. The van der Waals surface area contributed by atoms with Crippen molar-refractivity contribution in [2.45, 2.75) is 20.3 Å². The summed E-state index contributed by atoms with van der Waals surface area (Å²) in [6, 6.07) is 4.05. The Kier molecular flexibility index (Phi) is 3.18. The average Bonchev–Trinajstić information content (AvgIpc) is 2.95. The van der Waals surface area contributed by atoms with Crippen molar-refractivity contribution in [1.82, 2.24) is 9.97 Å². The molecule has 0 amide bonds. The molecule has 1 aromatic carbocycles. The number of rotatable bonds is 3. The number of carbonyl (C=O) groups is 1. The molecule has 0 radical (unpaired) electrons. The van der Waals surface area contributed by atoms with Crippen molar-refractivity contribution in [3.05, 3.63) is 35.8 Å². The van der Waals surface area contributed by atoms with E-state index >= 15 is 0 Å². The van der Waals surface area contributed by atoms with Gasteiger partial charge in [-0.25, -0.2) is 9.78 Å². The summed E-state index contributed by atoms with van der Waals surface area (Å²) in [6.45, 7) is 5.07. The summed E-state index contributed by atoms with van der Waals surface area (Å²) in [6.07, 6.45) is 4.15. The molecule has 0 spiro atoms. The van der Waals surface area contributed by atoms with Crippen LogP contribution in [0.4, 0.5) is 5.69 Å². The molecule has 5 heteroatoms. The van der Waals surface area contributed by atoms with Gasteiger partial charge in [-0.2, -0.15) is 0 Å². The predicted octanol–water partition coefficient (Wildman–Crippen LogP) is 2.39. The minimum Gasteiger partial charge on any atom is -0.463 e. The van der Waals surface area contributed by atoms with Crippen molar-refractivity contribution in [1.29, 1.82) is 0 Å². The standard InChI is InChI=1S/C15H17N3O2/c1-3-18-8-10(15(19)20-4-2)7-11-13(18)6-5-12-14(11)17-9-16-12/h5-6,8-9H,3-4,7H2,1-2H3,(H,16,17). The summed E-state index contributed by atoms with van der Waals surface area (Å²) in [5, 5.41) is 0. The Morgan fingerprint density at radius 3 is 3.05 bits per heavy atom. The van der Waals surface area contributed by atoms with Crippen LogP contribution in [0.25, 0.3) is 11.0 Å². The molecule has 20 heavy (non-hydrogen) atoms. The molecule has 0 saturated heterocycles. The highest BCUT2D eigenvalue weighted by atomic mass is 16.5. The number of hydrogen-bond donors (Lipinski definition) is 1. The van der Waals surface area contributed by atoms with E-state index in [1.807, 2.05) is 19.2 Å². The molecule has 0 fully saturated rings. The number of imidazole rings is 1. The van der Waals surface area contributed by atoms with Gasteiger partial charge in [0.1, 0.15) is 0 Å². The fraction of sp³-hybridized carbons (Fsp3) is 0.333. The van der Waals surface area contributed by atoms with Crippen LogP contribution in [0.3, 0.4) is 0 Å². The Balaban J connectivity index is 2.08. The van der Waals surface area contributed by atoms with Gasteiger partial charge in [-0.15, -0.1) is 0 Å². The van der Waals surface area contributed by atoms with Gasteiger partial charge in [-0.05, 0) is 26.0 Å². The van der Waals surface area contributed by atoms with Crippen LogP contribution in [0, 0.1) is 0 Å². The molecule has 3 rings (SSSR count). The van der Waals surface area contributed by atoms with Gasteiger partial charge in [0.05, 0.1) is 29.5 Å². The van der Waals surface area contributed by atoms with E-state index in [-0.39, 0.29) is 5.97 Å². The zero-order valence-electron chi connectivity index (χ0n) is 11.6. The lowest BCUT2D eigenvalue weighted by Crippen LogP contribution is -2.25. The van der Waals surface area contributed by atoms with Gasteiger partial charge < -0.3 is 14.6 Å². The van der Waals surface area contributed by atoms with Crippen LogP contribution in [0.15, 0.2) is 30.2 Å². The normalized spacial score (nSPS) is 14.1. The molecular formula is C15H17N3O2. The number of anilines is 1. The van der Waals surface area contributed by atoms with Crippen molar-refractivity contribution in [3.63, 3.8) is 0 Å². The van der Waals surface area contributed by atoms with Crippen LogP contribution in [0.1, 0.15) is 19.4 Å². The number of carbonyl (C=O) groups excluding carboxylic acids is 1. The van der Waals surface area contributed by atoms with E-state index in [0.717, 1.165) is 28.8 Å². The van der Waals surface area contributed by atoms with Crippen molar-refractivity contribution in [2.75, 3.05) is 18.1 Å². The number of hydrogen-bond acceptors (Lipinski definition) is 4. The molecule has 0 unspecified atom stereocenters. The Bertz CT molecular complexity index is 687. The molecule has 2 aromatic rings. The third kappa shape index (κ3) is 1.95. The average molecular weight is 271 g/mol. The first-order valence-corrected chi connectivity index (χ1v) is 6.84. The van der Waals surface area contributed by atoms with Gasteiger partial charge in [0.25, 0.3) is 0 Å². The summed E-state index contributed by atoms with van der Waals surface area (Å²) in [7, 11) is 0. The largest absolute Gasteiger partial charge is 0.463 e. The fourth-order valence-corrected chi connectivity index (χ4v) is 2.61. The molecule has 0 bridgehead atoms. The second-order valence-electron chi connectivity index (χ2n) is 4.70. The van der Waals surface area contributed by atoms with Gasteiger partial charge in [-0.3, -0.25) is 0 Å². The third-order valence-corrected chi connectivity index (χ3v) is 3.55. The lowest BCUT2D eigenvalue weighted by molar-refractivity contribution is -0.138. The highest BCUT2D eigenvalue weighted by Gasteiger charge is 2.24. The van der Waals surface area contributed by atoms with E-state index in [1.165, 1.54) is 0 Å². The van der Waals surface area contributed by atoms with Crippen molar-refractivity contribution in [3.8, 4) is 0 Å². The van der Waals surface area contributed by atoms with Gasteiger partial charge >= 0.3 is 5.97 Å². The zero-order valence-corrected chi connectivity index (χ0v) is 11.6. The van der Waals surface area contributed by atoms with E-state index in [2.05, 4.69) is 27.9 Å². The second-order valence-corrected chi connectivity index (χ2v) is 4.70. The number of fused-ring (bicyclic) bond motifs is 3. The summed E-state index contributed by atoms with van der Waals surface area (Å²) >= 11 is 0. The number of benzene rings is 1. The lowest BCUT2D eigenvalue weighted by Gasteiger charge is -2.28. The monoisotopic (exact) mass is 271 g/mol. The number of H-pyrrole nitrogens is 1. The number of aromatic nitrogens is 2. The van der Waals surface area contributed by atoms with Gasteiger partial charge in [0.15, 0.2) is 0 Å². The SMILES string of the molecule is CCOC(=O)C1=CN(CC)c2ccc3nc[nH]c3c2C1. The summed E-state index contributed by atoms with van der Waals surface area (Å²) in [5.74, 6) is -0.242. The van der Waals surface area contributed by atoms with E-state index in [9.17, 15) is 4.79 Å². The highest BCUT2D eigenvalue weighted by Crippen LogP contribution is 2.33. The van der Waals surface area contributed by atoms with E-state index < -0.39 is 0 Å². The summed E-state index contributed by atoms with van der Waals surface area (Å²) in [5.41, 5.74) is 4.83. The van der Waals surface area contributed by atoms with Crippen LogP contribution >= 0.6 is 0 Å². The zero-order chi connectivity index (χ0) is 14.1. The summed E-state index contributed by atoms with van der Waals surface area (Å²) in [4.78, 5) is 21.5. The molecular weight excluding hydrogens is 254 g/mol. The molecule has 1 N–H and O–H groups in total. The molecule has 1 aromatic heterocycles. The molecule has 104 valence electrons. The van der Waals surface area contributed by atoms with Crippen LogP contribution in [0.5, 0.6) is 0 Å². The van der Waals surface area contributed by atoms with Crippen LogP contribution < -0.4 is 4.90 Å². The molecule has 1 aliphatic rings. The molecule has 0 atom stereocenters. The van der Waals surface area contributed by atoms with Crippen molar-refractivity contribution < 1.29 is 9.53 Å². The number of nitrogens with one attached hydrogen (secondary N) is 1. The quantitative estimate of drug-likeness (QED) is 0.871. The number of nitrogens with zero attached hydrogens (tertiary/aromatic N) is 2. The van der Waals surface area contributed by atoms with Crippen LogP contribution in [-0.2, 0) is 16.0 Å². The first kappa shape index (κ1) is 12.7. The first-order valence-electron chi connectivity index (χ1n) is 6.84. The first-order chi connectivity index (χ1) is 9.74. The Hall–Kier alpha value is -2.30. The molecule has 1 aliphatic heterocycles. The predicted molar refractivity (Wildman–Crippen MR) is 77.5 cm³/mol. The third-order valence-electron chi connectivity index (χ3n) is 3.55. The van der Waals surface area contributed by atoms with Crippen LogP contribution in [-0.4, -0.2) is 29.1 Å². The summed E-state index contributed by atoms with van der Waals surface area (Å²) < 4.78 is 5.12. The molecule has 2 heterocycles. The Labute approximate surface area is 117 Å². The molecule has 0 aliphatic carbocycles. The number of aromatic amines is 1. The number of ether oxygens (including phenoxy) is 1. The highest BCUT2D eigenvalue weighted by molar-refractivity contribution is 5.94. The minimum absolute atomic E-state index is 0.242. The lowest BCUT2D eigenvalue weighted by atomic mass is 9.98. The maximum Gasteiger partial charge on any atom is 0.335 e. The minimum atomic E-state index is -0.242. The topological polar surface area (TPSA) is 58.2 Å². The van der Waals surface area contributed by atoms with Gasteiger partial charge in [-0.1, -0.05) is 0 Å². The van der Waals surface area contributed by atoms with E-state index in [4.69, 9.17) is 4.74 Å². The molecule has 0 saturated carbocycles. The second kappa shape index (κ2) is 5.00. The number of esters is 1. The van der Waals surface area contributed by atoms with Gasteiger partial charge in [0.2, 0.25) is 0 Å². The maximum absolute atomic E-state index is 12.0. The van der Waals surface area contributed by atoms with Gasteiger partial charge in [0, 0.05) is 30.4 Å². The van der Waals surface area contributed by atoms with Crippen molar-refractivity contribution in [2.24, 2.45) is 0 Å².